The number of pyridine rings is 1. The highest BCUT2D eigenvalue weighted by Gasteiger charge is 2.25. The van der Waals surface area contributed by atoms with Gasteiger partial charge in [-0.25, -0.2) is 14.8 Å². The minimum Gasteiger partial charge on any atom is -0.477 e. The molecule has 1 aliphatic heterocycles. The van der Waals surface area contributed by atoms with Crippen molar-refractivity contribution < 1.29 is 14.7 Å². The quantitative estimate of drug-likeness (QED) is 0.558. The summed E-state index contributed by atoms with van der Waals surface area (Å²) in [6.07, 6.45) is 7.24. The molecule has 5 rings (SSSR count). The second-order valence-electron chi connectivity index (χ2n) is 8.21. The number of nitrogens with zero attached hydrogens (tertiary/aromatic N) is 5. The molecule has 2 fully saturated rings. The molecule has 10 nitrogen and oxygen atoms in total. The molecule has 32 heavy (non-hydrogen) atoms. The van der Waals surface area contributed by atoms with E-state index in [4.69, 9.17) is 0 Å². The van der Waals surface area contributed by atoms with Crippen molar-refractivity contribution >= 4 is 34.7 Å². The van der Waals surface area contributed by atoms with Gasteiger partial charge in [0.15, 0.2) is 0 Å². The number of carbonyl (C=O) groups excluding carboxylic acids is 1. The topological polar surface area (TPSA) is 125 Å². The molecule has 3 aromatic rings. The van der Waals surface area contributed by atoms with Crippen LogP contribution in [0, 0.1) is 0 Å². The molecule has 1 saturated heterocycles. The van der Waals surface area contributed by atoms with E-state index in [-0.39, 0.29) is 17.6 Å². The van der Waals surface area contributed by atoms with Gasteiger partial charge in [0.05, 0.1) is 5.56 Å². The Morgan fingerprint density at radius 1 is 1.09 bits per heavy atom. The van der Waals surface area contributed by atoms with Crippen LogP contribution in [0.2, 0.25) is 0 Å². The third kappa shape index (κ3) is 3.89. The number of piperazine rings is 1. The minimum absolute atomic E-state index is 0.0289. The number of amides is 1. The maximum atomic E-state index is 12.6. The van der Waals surface area contributed by atoms with Crippen LogP contribution in [-0.2, 0) is 0 Å². The second kappa shape index (κ2) is 8.54. The predicted octanol–water partition coefficient (Wildman–Crippen LogP) is 2.43. The zero-order valence-corrected chi connectivity index (χ0v) is 17.6. The third-order valence-electron chi connectivity index (χ3n) is 6.14. The smallest absolute Gasteiger partial charge is 0.352 e. The lowest BCUT2D eigenvalue weighted by Crippen LogP contribution is -2.46. The van der Waals surface area contributed by atoms with Crippen molar-refractivity contribution in [3.8, 4) is 0 Å². The van der Waals surface area contributed by atoms with Gasteiger partial charge in [0, 0.05) is 50.0 Å². The molecule has 0 aromatic carbocycles. The lowest BCUT2D eigenvalue weighted by Gasteiger charge is -2.27. The number of fused-ring (bicyclic) bond motifs is 1. The Hall–Kier alpha value is -3.53. The Kier molecular flexibility index (Phi) is 5.44. The molecular weight excluding hydrogens is 410 g/mol. The van der Waals surface area contributed by atoms with E-state index in [0.29, 0.717) is 41.5 Å². The van der Waals surface area contributed by atoms with Gasteiger partial charge in [-0.3, -0.25) is 4.79 Å². The summed E-state index contributed by atoms with van der Waals surface area (Å²) in [6.45, 7) is 2.97. The van der Waals surface area contributed by atoms with Gasteiger partial charge in [0.2, 0.25) is 5.95 Å². The van der Waals surface area contributed by atoms with Crippen LogP contribution in [-0.4, -0.2) is 67.6 Å². The maximum Gasteiger partial charge on any atom is 0.352 e. The molecule has 1 amide bonds. The van der Waals surface area contributed by atoms with Gasteiger partial charge >= 0.3 is 5.97 Å². The van der Waals surface area contributed by atoms with Gasteiger partial charge in [-0.1, -0.05) is 12.8 Å². The van der Waals surface area contributed by atoms with E-state index in [2.05, 4.69) is 25.6 Å². The van der Waals surface area contributed by atoms with E-state index in [0.717, 1.165) is 38.8 Å². The molecule has 1 saturated carbocycles. The van der Waals surface area contributed by atoms with Gasteiger partial charge < -0.3 is 25.2 Å². The van der Waals surface area contributed by atoms with E-state index < -0.39 is 5.97 Å². The molecular formula is C22H25N7O3. The van der Waals surface area contributed by atoms with Gasteiger partial charge in [-0.05, 0) is 31.0 Å². The molecule has 0 bridgehead atoms. The molecule has 0 spiro atoms. The summed E-state index contributed by atoms with van der Waals surface area (Å²) in [6, 6.07) is 5.23. The fraction of sp³-hybridized carbons (Fsp3) is 0.409. The fourth-order valence-corrected chi connectivity index (χ4v) is 4.52. The van der Waals surface area contributed by atoms with Crippen LogP contribution in [0.4, 0.5) is 11.8 Å². The van der Waals surface area contributed by atoms with E-state index in [9.17, 15) is 14.7 Å². The molecule has 2 aliphatic rings. The largest absolute Gasteiger partial charge is 0.477 e. The number of carbonyl (C=O) groups is 2. The minimum atomic E-state index is -0.962. The first-order chi connectivity index (χ1) is 15.6. The van der Waals surface area contributed by atoms with Crippen LogP contribution in [0.5, 0.6) is 0 Å². The number of hydrogen-bond acceptors (Lipinski definition) is 7. The van der Waals surface area contributed by atoms with E-state index in [1.54, 1.807) is 30.6 Å². The lowest BCUT2D eigenvalue weighted by atomic mass is 10.2. The SMILES string of the molecule is O=C(O)c1cc2cnc(Nc3ccc(C(=O)N4CCNCC4)cn3)nc2n1C1CCCC1. The van der Waals surface area contributed by atoms with Crippen LogP contribution < -0.4 is 10.6 Å². The Balaban J connectivity index is 1.38. The number of carboxylic acid groups (broad SMARTS) is 1. The van der Waals surface area contributed by atoms with E-state index in [1.807, 2.05) is 9.47 Å². The monoisotopic (exact) mass is 435 g/mol. The van der Waals surface area contributed by atoms with Crippen molar-refractivity contribution in [2.45, 2.75) is 31.7 Å². The Bertz CT molecular complexity index is 1150. The zero-order chi connectivity index (χ0) is 22.1. The molecule has 0 radical (unpaired) electrons. The van der Waals surface area contributed by atoms with Crippen LogP contribution in [0.25, 0.3) is 11.0 Å². The first-order valence-corrected chi connectivity index (χ1v) is 10.9. The van der Waals surface area contributed by atoms with Gasteiger partial charge in [0.1, 0.15) is 17.2 Å². The highest BCUT2D eigenvalue weighted by molar-refractivity contribution is 5.94. The number of carboxylic acids is 1. The normalized spacial score (nSPS) is 17.1. The molecule has 0 unspecified atom stereocenters. The zero-order valence-electron chi connectivity index (χ0n) is 17.6. The first kappa shape index (κ1) is 20.4. The molecule has 3 aromatic heterocycles. The summed E-state index contributed by atoms with van der Waals surface area (Å²) in [5, 5.41) is 16.7. The summed E-state index contributed by atoms with van der Waals surface area (Å²) in [5.41, 5.74) is 1.39. The highest BCUT2D eigenvalue weighted by atomic mass is 16.4. The lowest BCUT2D eigenvalue weighted by molar-refractivity contribution is 0.0682. The molecule has 4 heterocycles. The number of aromatic nitrogens is 4. The molecule has 10 heteroatoms. The van der Waals surface area contributed by atoms with Crippen LogP contribution in [0.1, 0.15) is 52.6 Å². The number of rotatable bonds is 5. The third-order valence-corrected chi connectivity index (χ3v) is 6.14. The second-order valence-corrected chi connectivity index (χ2v) is 8.21. The highest BCUT2D eigenvalue weighted by Crippen LogP contribution is 2.34. The van der Waals surface area contributed by atoms with Crippen molar-refractivity contribution in [1.82, 2.24) is 29.7 Å². The summed E-state index contributed by atoms with van der Waals surface area (Å²) < 4.78 is 1.83. The average molecular weight is 435 g/mol. The van der Waals surface area contributed by atoms with Crippen molar-refractivity contribution in [1.29, 1.82) is 0 Å². The number of aromatic carboxylic acids is 1. The summed E-state index contributed by atoms with van der Waals surface area (Å²) in [7, 11) is 0. The van der Waals surface area contributed by atoms with Crippen molar-refractivity contribution in [2.24, 2.45) is 0 Å². The standard InChI is InChI=1S/C22H25N7O3/c30-20(28-9-7-23-8-10-28)14-5-6-18(24-12-14)26-22-25-13-15-11-17(21(31)32)29(19(15)27-22)16-3-1-2-4-16/h5-6,11-13,16,23H,1-4,7-10H2,(H,31,32)(H,24,25,26,27). The summed E-state index contributed by atoms with van der Waals surface area (Å²) in [5.74, 6) is -0.145. The van der Waals surface area contributed by atoms with Gasteiger partial charge in [-0.2, -0.15) is 4.98 Å². The Morgan fingerprint density at radius 2 is 1.88 bits per heavy atom. The number of nitrogens with one attached hydrogen (secondary N) is 2. The van der Waals surface area contributed by atoms with Crippen molar-refractivity contribution in [3.63, 3.8) is 0 Å². The van der Waals surface area contributed by atoms with Gasteiger partial charge in [-0.15, -0.1) is 0 Å². The van der Waals surface area contributed by atoms with E-state index in [1.165, 1.54) is 0 Å². The molecule has 0 atom stereocenters. The number of hydrogen-bond donors (Lipinski definition) is 3. The van der Waals surface area contributed by atoms with Crippen molar-refractivity contribution in [3.05, 3.63) is 41.9 Å². The molecule has 1 aliphatic carbocycles. The van der Waals surface area contributed by atoms with Crippen LogP contribution in [0.15, 0.2) is 30.6 Å². The Morgan fingerprint density at radius 3 is 2.56 bits per heavy atom. The van der Waals surface area contributed by atoms with Gasteiger partial charge in [0.25, 0.3) is 5.91 Å². The predicted molar refractivity (Wildman–Crippen MR) is 118 cm³/mol. The Labute approximate surface area is 184 Å². The summed E-state index contributed by atoms with van der Waals surface area (Å²) in [4.78, 5) is 39.5. The van der Waals surface area contributed by atoms with Crippen LogP contribution >= 0.6 is 0 Å². The maximum absolute atomic E-state index is 12.6. The molecule has 166 valence electrons. The van der Waals surface area contributed by atoms with E-state index >= 15 is 0 Å². The fourth-order valence-electron chi connectivity index (χ4n) is 4.52. The first-order valence-electron chi connectivity index (χ1n) is 10.9. The van der Waals surface area contributed by atoms with Crippen molar-refractivity contribution in [2.75, 3.05) is 31.5 Å². The average Bonchev–Trinajstić information content (AvgIpc) is 3.47. The number of anilines is 2. The van der Waals surface area contributed by atoms with Crippen LogP contribution in [0.3, 0.4) is 0 Å². The molecule has 3 N–H and O–H groups in total. The summed E-state index contributed by atoms with van der Waals surface area (Å²) >= 11 is 0.